The largest absolute Gasteiger partial charge is 0.476 e. The van der Waals surface area contributed by atoms with Crippen molar-refractivity contribution in [2.75, 3.05) is 31.6 Å². The van der Waals surface area contributed by atoms with Crippen LogP contribution >= 0.6 is 0 Å². The summed E-state index contributed by atoms with van der Waals surface area (Å²) in [5.41, 5.74) is 1.74. The summed E-state index contributed by atoms with van der Waals surface area (Å²) in [4.78, 5) is 25.7. The molecular formula is C18H22N4O4. The third-order valence-electron chi connectivity index (χ3n) is 4.31. The summed E-state index contributed by atoms with van der Waals surface area (Å²) in [5.74, 6) is -1.37. The number of aromatic carboxylic acids is 1. The van der Waals surface area contributed by atoms with E-state index in [4.69, 9.17) is 9.84 Å². The number of anilines is 1. The van der Waals surface area contributed by atoms with E-state index in [1.54, 1.807) is 6.92 Å². The fraction of sp³-hybridized carbons (Fsp3) is 0.389. The Labute approximate surface area is 151 Å². The number of carbonyl (C=O) groups is 2. The van der Waals surface area contributed by atoms with Crippen LogP contribution < -0.4 is 5.32 Å². The smallest absolute Gasteiger partial charge is 0.356 e. The van der Waals surface area contributed by atoms with E-state index >= 15 is 0 Å². The van der Waals surface area contributed by atoms with Gasteiger partial charge in [0.15, 0.2) is 5.69 Å². The van der Waals surface area contributed by atoms with E-state index in [9.17, 15) is 9.59 Å². The van der Waals surface area contributed by atoms with Crippen molar-refractivity contribution in [3.63, 3.8) is 0 Å². The van der Waals surface area contributed by atoms with Crippen LogP contribution in [0.2, 0.25) is 0 Å². The first kappa shape index (κ1) is 18.1. The summed E-state index contributed by atoms with van der Waals surface area (Å²) >= 11 is 0. The molecule has 8 heteroatoms. The van der Waals surface area contributed by atoms with E-state index in [1.807, 2.05) is 24.3 Å². The number of nitrogens with zero attached hydrogens (tertiary/aromatic N) is 3. The maximum atomic E-state index is 12.4. The molecule has 2 heterocycles. The number of nitrogens with one attached hydrogen (secondary N) is 1. The van der Waals surface area contributed by atoms with Gasteiger partial charge < -0.3 is 15.2 Å². The highest BCUT2D eigenvalue weighted by Crippen LogP contribution is 2.16. The molecule has 0 spiro atoms. The molecule has 138 valence electrons. The minimum absolute atomic E-state index is 0.0860. The summed E-state index contributed by atoms with van der Waals surface area (Å²) < 4.78 is 6.70. The highest BCUT2D eigenvalue weighted by molar-refractivity contribution is 5.93. The number of ether oxygens (including phenoxy) is 1. The number of aromatic nitrogens is 2. The van der Waals surface area contributed by atoms with Crippen molar-refractivity contribution in [3.8, 4) is 0 Å². The molecule has 1 aromatic heterocycles. The molecule has 26 heavy (non-hydrogen) atoms. The summed E-state index contributed by atoms with van der Waals surface area (Å²) in [6.45, 7) is 5.78. The van der Waals surface area contributed by atoms with Crippen molar-refractivity contribution in [2.45, 2.75) is 19.5 Å². The molecule has 1 saturated heterocycles. The molecule has 8 nitrogen and oxygen atoms in total. The van der Waals surface area contributed by atoms with E-state index in [-0.39, 0.29) is 11.6 Å². The molecular weight excluding hydrogens is 336 g/mol. The lowest BCUT2D eigenvalue weighted by molar-refractivity contribution is -0.119. The Hall–Kier alpha value is -2.71. The van der Waals surface area contributed by atoms with Crippen LogP contribution in [0.1, 0.15) is 29.0 Å². The van der Waals surface area contributed by atoms with Crippen LogP contribution in [0.4, 0.5) is 5.69 Å². The van der Waals surface area contributed by atoms with E-state index < -0.39 is 12.0 Å². The zero-order valence-electron chi connectivity index (χ0n) is 14.6. The third kappa shape index (κ3) is 4.47. The van der Waals surface area contributed by atoms with Gasteiger partial charge in [0.1, 0.15) is 6.04 Å². The van der Waals surface area contributed by atoms with Crippen LogP contribution in [0.15, 0.2) is 36.5 Å². The number of hydrogen-bond donors (Lipinski definition) is 2. The highest BCUT2D eigenvalue weighted by Gasteiger charge is 2.18. The van der Waals surface area contributed by atoms with Crippen LogP contribution in [-0.2, 0) is 16.1 Å². The molecule has 0 saturated carbocycles. The average molecular weight is 358 g/mol. The minimum atomic E-state index is -1.12. The lowest BCUT2D eigenvalue weighted by atomic mass is 10.1. The summed E-state index contributed by atoms with van der Waals surface area (Å²) in [6.07, 6.45) is 1.49. The highest BCUT2D eigenvalue weighted by atomic mass is 16.5. The number of hydrogen-bond acceptors (Lipinski definition) is 5. The van der Waals surface area contributed by atoms with E-state index in [2.05, 4.69) is 15.3 Å². The Morgan fingerprint density at radius 3 is 2.77 bits per heavy atom. The van der Waals surface area contributed by atoms with Gasteiger partial charge in [0, 0.05) is 31.5 Å². The quantitative estimate of drug-likeness (QED) is 0.814. The average Bonchev–Trinajstić information content (AvgIpc) is 3.12. The Bertz CT molecular complexity index is 783. The summed E-state index contributed by atoms with van der Waals surface area (Å²) in [5, 5.41) is 15.7. The van der Waals surface area contributed by atoms with Gasteiger partial charge in [0.05, 0.1) is 13.2 Å². The molecule has 0 radical (unpaired) electrons. The van der Waals surface area contributed by atoms with E-state index in [0.717, 1.165) is 38.4 Å². The first-order valence-corrected chi connectivity index (χ1v) is 8.51. The third-order valence-corrected chi connectivity index (χ3v) is 4.31. The molecule has 1 amide bonds. The SMILES string of the molecule is CC(C(=O)Nc1cccc(CN2CCOCC2)c1)n1ccc(C(=O)O)n1. The zero-order valence-corrected chi connectivity index (χ0v) is 14.6. The lowest BCUT2D eigenvalue weighted by Crippen LogP contribution is -2.35. The molecule has 2 N–H and O–H groups in total. The van der Waals surface area contributed by atoms with Crippen molar-refractivity contribution in [3.05, 3.63) is 47.8 Å². The standard InChI is InChI=1S/C18H22N4O4/c1-13(22-6-5-16(20-22)18(24)25)17(23)19-15-4-2-3-14(11-15)12-21-7-9-26-10-8-21/h2-6,11,13H,7-10,12H2,1H3,(H,19,23)(H,24,25). The molecule has 2 aromatic rings. The molecule has 1 atom stereocenters. The van der Waals surface area contributed by atoms with Gasteiger partial charge in [0.2, 0.25) is 5.91 Å². The van der Waals surface area contributed by atoms with Crippen LogP contribution in [0, 0.1) is 0 Å². The van der Waals surface area contributed by atoms with Gasteiger partial charge in [-0.3, -0.25) is 14.4 Å². The topological polar surface area (TPSA) is 96.7 Å². The van der Waals surface area contributed by atoms with Gasteiger partial charge in [-0.25, -0.2) is 4.79 Å². The number of rotatable bonds is 6. The number of carboxylic acids is 1. The first-order chi connectivity index (χ1) is 12.5. The van der Waals surface area contributed by atoms with Crippen LogP contribution in [0.3, 0.4) is 0 Å². The number of morpholine rings is 1. The molecule has 0 bridgehead atoms. The molecule has 1 unspecified atom stereocenters. The van der Waals surface area contributed by atoms with E-state index in [0.29, 0.717) is 5.69 Å². The predicted octanol–water partition coefficient (Wildman–Crippen LogP) is 1.61. The number of benzene rings is 1. The van der Waals surface area contributed by atoms with Crippen LogP contribution in [0.25, 0.3) is 0 Å². The maximum absolute atomic E-state index is 12.4. The van der Waals surface area contributed by atoms with Crippen LogP contribution in [0.5, 0.6) is 0 Å². The van der Waals surface area contributed by atoms with Crippen LogP contribution in [-0.4, -0.2) is 58.0 Å². The first-order valence-electron chi connectivity index (χ1n) is 8.51. The molecule has 1 aromatic carbocycles. The van der Waals surface area contributed by atoms with Gasteiger partial charge in [-0.2, -0.15) is 5.10 Å². The summed E-state index contributed by atoms with van der Waals surface area (Å²) in [6, 6.07) is 8.47. The van der Waals surface area contributed by atoms with Crippen molar-refractivity contribution in [1.82, 2.24) is 14.7 Å². The van der Waals surface area contributed by atoms with Gasteiger partial charge >= 0.3 is 5.97 Å². The molecule has 0 aliphatic carbocycles. The maximum Gasteiger partial charge on any atom is 0.356 e. The minimum Gasteiger partial charge on any atom is -0.476 e. The van der Waals surface area contributed by atoms with E-state index in [1.165, 1.54) is 16.9 Å². The van der Waals surface area contributed by atoms with Crippen molar-refractivity contribution < 1.29 is 19.4 Å². The van der Waals surface area contributed by atoms with Gasteiger partial charge in [0.25, 0.3) is 0 Å². The molecule has 3 rings (SSSR count). The lowest BCUT2D eigenvalue weighted by Gasteiger charge is -2.26. The predicted molar refractivity (Wildman–Crippen MR) is 95.1 cm³/mol. The Balaban J connectivity index is 1.62. The second kappa shape index (κ2) is 8.11. The molecule has 1 fully saturated rings. The summed E-state index contributed by atoms with van der Waals surface area (Å²) in [7, 11) is 0. The van der Waals surface area contributed by atoms with Gasteiger partial charge in [-0.15, -0.1) is 0 Å². The Morgan fingerprint density at radius 2 is 2.08 bits per heavy atom. The number of carboxylic acid groups (broad SMARTS) is 1. The van der Waals surface area contributed by atoms with Gasteiger partial charge in [-0.05, 0) is 30.7 Å². The Morgan fingerprint density at radius 1 is 1.31 bits per heavy atom. The zero-order chi connectivity index (χ0) is 18.5. The Kier molecular flexibility index (Phi) is 5.65. The van der Waals surface area contributed by atoms with Crippen molar-refractivity contribution in [2.24, 2.45) is 0 Å². The molecule has 1 aliphatic rings. The second-order valence-electron chi connectivity index (χ2n) is 6.24. The molecule has 1 aliphatic heterocycles. The van der Waals surface area contributed by atoms with Crippen molar-refractivity contribution >= 4 is 17.6 Å². The fourth-order valence-corrected chi connectivity index (χ4v) is 2.80. The van der Waals surface area contributed by atoms with Gasteiger partial charge in [-0.1, -0.05) is 12.1 Å². The normalized spacial score (nSPS) is 16.2. The van der Waals surface area contributed by atoms with Crippen molar-refractivity contribution in [1.29, 1.82) is 0 Å². The number of amides is 1. The second-order valence-corrected chi connectivity index (χ2v) is 6.24. The fourth-order valence-electron chi connectivity index (χ4n) is 2.80. The monoisotopic (exact) mass is 358 g/mol. The number of carbonyl (C=O) groups excluding carboxylic acids is 1.